The quantitative estimate of drug-likeness (QED) is 0.593. The summed E-state index contributed by atoms with van der Waals surface area (Å²) in [7, 11) is 0. The van der Waals surface area contributed by atoms with Crippen molar-refractivity contribution in [3.05, 3.63) is 22.1 Å². The van der Waals surface area contributed by atoms with Gasteiger partial charge in [0.15, 0.2) is 0 Å². The number of rotatable bonds is 1. The average Bonchev–Trinajstić information content (AvgIpc) is 2.46. The molecule has 2 aromatic rings. The molecular weight excluding hydrogens is 274 g/mol. The Morgan fingerprint density at radius 2 is 2.31 bits per heavy atom. The van der Waals surface area contributed by atoms with Crippen molar-refractivity contribution < 1.29 is 8.76 Å². The zero-order valence-electron chi connectivity index (χ0n) is 6.19. The number of hydrogen-bond acceptors (Lipinski definition) is 4. The lowest BCUT2D eigenvalue weighted by molar-refractivity contribution is 0.538. The SMILES string of the molecule is O=S([O-])c1csc2nc(Br)ccc12. The van der Waals surface area contributed by atoms with Gasteiger partial charge in [-0.3, -0.25) is 4.21 Å². The summed E-state index contributed by atoms with van der Waals surface area (Å²) in [4.78, 5) is 5.19. The summed E-state index contributed by atoms with van der Waals surface area (Å²) < 4.78 is 22.2. The molecule has 0 aliphatic heterocycles. The highest BCUT2D eigenvalue weighted by molar-refractivity contribution is 9.10. The van der Waals surface area contributed by atoms with Crippen LogP contribution < -0.4 is 0 Å². The van der Waals surface area contributed by atoms with Crippen molar-refractivity contribution in [2.24, 2.45) is 0 Å². The molecule has 3 nitrogen and oxygen atoms in total. The standard InChI is InChI=1S/C7H4BrNO2S2/c8-6-2-1-4-5(13(10)11)3-12-7(4)9-6/h1-3H,(H,10,11)/p-1. The number of aromatic nitrogens is 1. The molecule has 2 aromatic heterocycles. The molecule has 2 rings (SSSR count). The lowest BCUT2D eigenvalue weighted by Crippen LogP contribution is -1.85. The Morgan fingerprint density at radius 3 is 3.00 bits per heavy atom. The first kappa shape index (κ1) is 9.26. The minimum Gasteiger partial charge on any atom is -0.768 e. The lowest BCUT2D eigenvalue weighted by Gasteiger charge is -2.01. The monoisotopic (exact) mass is 276 g/mol. The van der Waals surface area contributed by atoms with Gasteiger partial charge in [-0.15, -0.1) is 11.3 Å². The van der Waals surface area contributed by atoms with Gasteiger partial charge in [-0.2, -0.15) is 0 Å². The van der Waals surface area contributed by atoms with Gasteiger partial charge in [-0.1, -0.05) is 0 Å². The molecule has 0 fully saturated rings. The van der Waals surface area contributed by atoms with Crippen LogP contribution in [0.3, 0.4) is 0 Å². The van der Waals surface area contributed by atoms with Crippen LogP contribution in [0.1, 0.15) is 0 Å². The summed E-state index contributed by atoms with van der Waals surface area (Å²) in [6, 6.07) is 3.47. The molecule has 0 spiro atoms. The Balaban J connectivity index is 2.76. The molecule has 13 heavy (non-hydrogen) atoms. The van der Waals surface area contributed by atoms with Crippen molar-refractivity contribution in [3.8, 4) is 0 Å². The summed E-state index contributed by atoms with van der Waals surface area (Å²) in [5, 5.41) is 2.27. The molecule has 0 saturated heterocycles. The Labute approximate surface area is 89.2 Å². The van der Waals surface area contributed by atoms with Gasteiger partial charge in [-0.25, -0.2) is 4.98 Å². The lowest BCUT2D eigenvalue weighted by atomic mass is 10.3. The smallest absolute Gasteiger partial charge is 0.125 e. The van der Waals surface area contributed by atoms with Crippen LogP contribution in [0.4, 0.5) is 0 Å². The molecule has 0 N–H and O–H groups in total. The van der Waals surface area contributed by atoms with Gasteiger partial charge in [0.25, 0.3) is 0 Å². The second-order valence-electron chi connectivity index (χ2n) is 2.32. The van der Waals surface area contributed by atoms with Crippen LogP contribution in [0, 0.1) is 0 Å². The maximum Gasteiger partial charge on any atom is 0.125 e. The van der Waals surface area contributed by atoms with Crippen LogP contribution in [-0.2, 0) is 11.1 Å². The third-order valence-electron chi connectivity index (χ3n) is 1.55. The largest absolute Gasteiger partial charge is 0.768 e. The minimum atomic E-state index is -2.17. The summed E-state index contributed by atoms with van der Waals surface area (Å²) >= 11 is 2.37. The van der Waals surface area contributed by atoms with Crippen molar-refractivity contribution in [3.63, 3.8) is 0 Å². The number of hydrogen-bond donors (Lipinski definition) is 0. The molecule has 0 radical (unpaired) electrons. The van der Waals surface area contributed by atoms with E-state index in [-0.39, 0.29) is 0 Å². The van der Waals surface area contributed by atoms with Gasteiger partial charge in [0.2, 0.25) is 0 Å². The maximum atomic E-state index is 10.7. The zero-order chi connectivity index (χ0) is 9.42. The summed E-state index contributed by atoms with van der Waals surface area (Å²) in [5.74, 6) is 0. The average molecular weight is 277 g/mol. The molecule has 0 aromatic carbocycles. The molecule has 0 aliphatic carbocycles. The molecule has 0 saturated carbocycles. The Morgan fingerprint density at radius 1 is 1.54 bits per heavy atom. The fourth-order valence-corrected chi connectivity index (χ4v) is 3.09. The summed E-state index contributed by atoms with van der Waals surface area (Å²) in [6.07, 6.45) is 0. The molecule has 1 unspecified atom stereocenters. The van der Waals surface area contributed by atoms with Crippen LogP contribution in [0.5, 0.6) is 0 Å². The predicted molar refractivity (Wildman–Crippen MR) is 54.5 cm³/mol. The van der Waals surface area contributed by atoms with Gasteiger partial charge in [0.05, 0.1) is 0 Å². The van der Waals surface area contributed by atoms with Crippen LogP contribution in [0.25, 0.3) is 10.2 Å². The van der Waals surface area contributed by atoms with Gasteiger partial charge < -0.3 is 4.55 Å². The highest BCUT2D eigenvalue weighted by atomic mass is 79.9. The summed E-state index contributed by atoms with van der Waals surface area (Å²) in [5.41, 5.74) is 0. The van der Waals surface area contributed by atoms with E-state index >= 15 is 0 Å². The second kappa shape index (κ2) is 3.45. The first-order valence-electron chi connectivity index (χ1n) is 3.31. The van der Waals surface area contributed by atoms with E-state index < -0.39 is 11.1 Å². The van der Waals surface area contributed by atoms with Crippen molar-refractivity contribution in [2.75, 3.05) is 0 Å². The molecule has 1 atom stereocenters. The fourth-order valence-electron chi connectivity index (χ4n) is 0.997. The van der Waals surface area contributed by atoms with Crippen molar-refractivity contribution >= 4 is 48.6 Å². The zero-order valence-corrected chi connectivity index (χ0v) is 9.41. The van der Waals surface area contributed by atoms with Crippen LogP contribution in [0.2, 0.25) is 0 Å². The number of nitrogens with zero attached hydrogens (tertiary/aromatic N) is 1. The van der Waals surface area contributed by atoms with E-state index in [1.165, 1.54) is 11.3 Å². The minimum absolute atomic E-state index is 0.319. The van der Waals surface area contributed by atoms with E-state index in [0.717, 1.165) is 4.83 Å². The normalized spacial score (nSPS) is 13.4. The van der Waals surface area contributed by atoms with E-state index in [1.54, 1.807) is 17.5 Å². The Bertz CT molecular complexity index is 482. The van der Waals surface area contributed by atoms with E-state index in [9.17, 15) is 8.76 Å². The highest BCUT2D eigenvalue weighted by Gasteiger charge is 2.05. The van der Waals surface area contributed by atoms with Crippen molar-refractivity contribution in [2.45, 2.75) is 4.90 Å². The first-order chi connectivity index (χ1) is 6.18. The first-order valence-corrected chi connectivity index (χ1v) is 6.06. The maximum absolute atomic E-state index is 10.7. The number of pyridine rings is 1. The third-order valence-corrected chi connectivity index (χ3v) is 3.72. The fraction of sp³-hybridized carbons (Fsp3) is 0. The topological polar surface area (TPSA) is 53.0 Å². The van der Waals surface area contributed by atoms with E-state index in [4.69, 9.17) is 0 Å². The molecule has 68 valence electrons. The number of halogens is 1. The molecule has 6 heteroatoms. The second-order valence-corrected chi connectivity index (χ2v) is 4.90. The molecular formula is C7H3BrNO2S2-. The van der Waals surface area contributed by atoms with Crippen molar-refractivity contribution in [1.82, 2.24) is 4.98 Å². The van der Waals surface area contributed by atoms with Gasteiger partial charge in [0.1, 0.15) is 9.43 Å². The van der Waals surface area contributed by atoms with Crippen LogP contribution in [-0.4, -0.2) is 13.7 Å². The van der Waals surface area contributed by atoms with Gasteiger partial charge in [-0.05, 0) is 39.1 Å². The molecule has 0 aliphatic rings. The van der Waals surface area contributed by atoms with Crippen molar-refractivity contribution in [1.29, 1.82) is 0 Å². The highest BCUT2D eigenvalue weighted by Crippen LogP contribution is 2.27. The molecule has 0 bridgehead atoms. The third kappa shape index (κ3) is 1.67. The Kier molecular flexibility index (Phi) is 2.46. The summed E-state index contributed by atoms with van der Waals surface area (Å²) in [6.45, 7) is 0. The molecule has 2 heterocycles. The van der Waals surface area contributed by atoms with E-state index in [1.807, 2.05) is 0 Å². The van der Waals surface area contributed by atoms with E-state index in [0.29, 0.717) is 14.9 Å². The van der Waals surface area contributed by atoms with E-state index in [2.05, 4.69) is 20.9 Å². The van der Waals surface area contributed by atoms with Gasteiger partial charge >= 0.3 is 0 Å². The van der Waals surface area contributed by atoms with Gasteiger partial charge in [0, 0.05) is 15.7 Å². The molecule has 0 amide bonds. The number of fused-ring (bicyclic) bond motifs is 1. The van der Waals surface area contributed by atoms with Crippen LogP contribution in [0.15, 0.2) is 27.0 Å². The van der Waals surface area contributed by atoms with Crippen LogP contribution >= 0.6 is 27.3 Å². The number of thiophene rings is 1. The predicted octanol–water partition coefficient (Wildman–Crippen LogP) is 2.30. The Hall–Kier alpha value is -0.300.